The van der Waals surface area contributed by atoms with Crippen molar-refractivity contribution in [2.75, 3.05) is 0 Å². The second-order valence-corrected chi connectivity index (χ2v) is 1.45. The molecule has 1 N–H and O–H groups in total. The third-order valence-electron chi connectivity index (χ3n) is 0.0913. The molecule has 7 heavy (non-hydrogen) atoms. The van der Waals surface area contributed by atoms with E-state index in [0.29, 0.717) is 0 Å². The van der Waals surface area contributed by atoms with E-state index in [-0.39, 0.29) is 19.5 Å². The van der Waals surface area contributed by atoms with Crippen LogP contribution in [0.3, 0.4) is 0 Å². The van der Waals surface area contributed by atoms with Crippen molar-refractivity contribution in [2.24, 2.45) is 0 Å². The summed E-state index contributed by atoms with van der Waals surface area (Å²) >= 11 is 0. The molecule has 0 aliphatic rings. The van der Waals surface area contributed by atoms with Gasteiger partial charge in [0.2, 0.25) is 10.4 Å². The molecule has 0 aliphatic heterocycles. The molecule has 0 atom stereocenters. The van der Waals surface area contributed by atoms with Crippen LogP contribution in [0.15, 0.2) is 0 Å². The molecule has 0 bridgehead atoms. The van der Waals surface area contributed by atoms with Gasteiger partial charge in [-0.15, -0.1) is 4.33 Å². The average Bonchev–Trinajstić information content (AvgIpc) is 1.35. The number of hydrogen-bond acceptors (Lipinski definition) is 5. The van der Waals surface area contributed by atoms with Gasteiger partial charge in [0.15, 0.2) is 0 Å². The van der Waals surface area contributed by atoms with Crippen LogP contribution >= 0.6 is 0 Å². The summed E-state index contributed by atoms with van der Waals surface area (Å²) < 4.78 is 29.3. The van der Waals surface area contributed by atoms with Crippen LogP contribution in [0.25, 0.3) is 0 Å². The zero-order chi connectivity index (χ0) is 5.21. The molecule has 0 aromatic carbocycles. The standard InChI is InChI=1S/H2O5S.Zn/c1-5-6(2,3)4;/h1H,(H,2,3,4);/q;+2/p-1. The van der Waals surface area contributed by atoms with Crippen LogP contribution in [0.5, 0.6) is 0 Å². The Kier molecular flexibility index (Phi) is 5.15. The SMILES string of the molecule is O=S(=O)([O-])OO.[Zn+2]. The minimum absolute atomic E-state index is 0. The first-order valence-corrected chi connectivity index (χ1v) is 2.18. The Hall–Kier alpha value is 0.453. The molecule has 0 spiro atoms. The van der Waals surface area contributed by atoms with Gasteiger partial charge in [0.05, 0.1) is 0 Å². The predicted molar refractivity (Wildman–Crippen MR) is 13.4 cm³/mol. The molecule has 5 nitrogen and oxygen atoms in total. The molecule has 0 aliphatic carbocycles. The summed E-state index contributed by atoms with van der Waals surface area (Å²) in [4.78, 5) is 0. The molecule has 0 saturated heterocycles. The van der Waals surface area contributed by atoms with Gasteiger partial charge in [-0.05, 0) is 0 Å². The number of rotatable bonds is 1. The summed E-state index contributed by atoms with van der Waals surface area (Å²) in [5, 5.41) is 7.00. The second-order valence-electron chi connectivity index (χ2n) is 0.483. The minimum atomic E-state index is -4.86. The Morgan fingerprint density at radius 1 is 1.57 bits per heavy atom. The van der Waals surface area contributed by atoms with Crippen molar-refractivity contribution >= 4 is 10.4 Å². The second kappa shape index (κ2) is 3.45. The smallest absolute Gasteiger partial charge is 0.724 e. The van der Waals surface area contributed by atoms with E-state index in [4.69, 9.17) is 18.2 Å². The summed E-state index contributed by atoms with van der Waals surface area (Å²) in [5.74, 6) is 0. The quantitative estimate of drug-likeness (QED) is 0.182. The van der Waals surface area contributed by atoms with Crippen LogP contribution in [-0.4, -0.2) is 18.2 Å². The van der Waals surface area contributed by atoms with Gasteiger partial charge in [-0.2, -0.15) is 0 Å². The van der Waals surface area contributed by atoms with Crippen LogP contribution < -0.4 is 0 Å². The Morgan fingerprint density at radius 2 is 1.71 bits per heavy atom. The fourth-order valence-electron chi connectivity index (χ4n) is 0. The summed E-state index contributed by atoms with van der Waals surface area (Å²) in [7, 11) is -4.86. The van der Waals surface area contributed by atoms with E-state index in [1.165, 1.54) is 0 Å². The van der Waals surface area contributed by atoms with Crippen LogP contribution in [0.4, 0.5) is 0 Å². The van der Waals surface area contributed by atoms with Gasteiger partial charge >= 0.3 is 19.5 Å². The minimum Gasteiger partial charge on any atom is -0.724 e. The topological polar surface area (TPSA) is 86.7 Å². The van der Waals surface area contributed by atoms with Gasteiger partial charge in [-0.1, -0.05) is 0 Å². The molecule has 0 amide bonds. The van der Waals surface area contributed by atoms with E-state index in [2.05, 4.69) is 4.33 Å². The van der Waals surface area contributed by atoms with E-state index in [1.54, 1.807) is 0 Å². The molecular weight excluding hydrogens is 177 g/mol. The number of hydrogen-bond donors (Lipinski definition) is 1. The van der Waals surface area contributed by atoms with Gasteiger partial charge in [-0.3, -0.25) is 0 Å². The first-order chi connectivity index (χ1) is 2.56. The molecule has 0 heterocycles. The maximum Gasteiger partial charge on any atom is 2.00 e. The molecule has 7 heteroatoms. The Morgan fingerprint density at radius 3 is 1.71 bits per heavy atom. The van der Waals surface area contributed by atoms with E-state index in [9.17, 15) is 0 Å². The van der Waals surface area contributed by atoms with Crippen molar-refractivity contribution in [2.45, 2.75) is 0 Å². The van der Waals surface area contributed by atoms with Crippen molar-refractivity contribution in [3.63, 3.8) is 0 Å². The molecule has 0 unspecified atom stereocenters. The fourth-order valence-corrected chi connectivity index (χ4v) is 0. The summed E-state index contributed by atoms with van der Waals surface area (Å²) in [5.41, 5.74) is 0. The van der Waals surface area contributed by atoms with Gasteiger partial charge in [0.1, 0.15) is 0 Å². The van der Waals surface area contributed by atoms with E-state index < -0.39 is 10.4 Å². The van der Waals surface area contributed by atoms with Gasteiger partial charge in [0, 0.05) is 0 Å². The van der Waals surface area contributed by atoms with Crippen molar-refractivity contribution in [1.82, 2.24) is 0 Å². The summed E-state index contributed by atoms with van der Waals surface area (Å²) in [6.07, 6.45) is 0. The van der Waals surface area contributed by atoms with Gasteiger partial charge in [0.25, 0.3) is 0 Å². The van der Waals surface area contributed by atoms with E-state index in [1.807, 2.05) is 0 Å². The van der Waals surface area contributed by atoms with Crippen molar-refractivity contribution < 1.29 is 42.0 Å². The molecule has 0 rings (SSSR count). The molecule has 0 radical (unpaired) electrons. The van der Waals surface area contributed by atoms with E-state index in [0.717, 1.165) is 0 Å². The predicted octanol–water partition coefficient (Wildman–Crippen LogP) is -1.07. The molecule has 0 fully saturated rings. The third kappa shape index (κ3) is 10.7. The van der Waals surface area contributed by atoms with Crippen molar-refractivity contribution in [3.8, 4) is 0 Å². The Labute approximate surface area is 52.9 Å². The van der Waals surface area contributed by atoms with Gasteiger partial charge in [-0.25, -0.2) is 13.7 Å². The first-order valence-electron chi connectivity index (χ1n) is 0.849. The zero-order valence-corrected chi connectivity index (χ0v) is 6.98. The van der Waals surface area contributed by atoms with Crippen LogP contribution in [0, 0.1) is 0 Å². The molecular formula is HO5SZn+. The monoisotopic (exact) mass is 177 g/mol. The van der Waals surface area contributed by atoms with Gasteiger partial charge < -0.3 is 4.55 Å². The third-order valence-corrected chi connectivity index (χ3v) is 0.274. The molecule has 0 aromatic heterocycles. The summed E-state index contributed by atoms with van der Waals surface area (Å²) in [6, 6.07) is 0. The van der Waals surface area contributed by atoms with Crippen LogP contribution in [-0.2, 0) is 34.2 Å². The fraction of sp³-hybridized carbons (Fsp3) is 0. The zero-order valence-electron chi connectivity index (χ0n) is 3.20. The average molecular weight is 178 g/mol. The largest absolute Gasteiger partial charge is 2.00 e. The first kappa shape index (κ1) is 10.4. The summed E-state index contributed by atoms with van der Waals surface area (Å²) in [6.45, 7) is 0. The van der Waals surface area contributed by atoms with Crippen LogP contribution in [0.2, 0.25) is 0 Å². The van der Waals surface area contributed by atoms with Crippen LogP contribution in [0.1, 0.15) is 0 Å². The molecule has 0 aromatic rings. The maximum absolute atomic E-state index is 8.97. The Balaban J connectivity index is 0. The van der Waals surface area contributed by atoms with Crippen molar-refractivity contribution in [3.05, 3.63) is 0 Å². The molecule has 0 saturated carbocycles. The maximum atomic E-state index is 8.97. The normalized spacial score (nSPS) is 10.0. The molecule has 38 valence electrons. The van der Waals surface area contributed by atoms with E-state index >= 15 is 0 Å². The Bertz CT molecular complexity index is 110. The van der Waals surface area contributed by atoms with Crippen molar-refractivity contribution in [1.29, 1.82) is 0 Å².